The van der Waals surface area contributed by atoms with E-state index in [1.54, 1.807) is 0 Å². The molecule has 0 saturated carbocycles. The van der Waals surface area contributed by atoms with E-state index in [4.69, 9.17) is 0 Å². The number of benzene rings is 5. The van der Waals surface area contributed by atoms with Crippen LogP contribution < -0.4 is 28.3 Å². The van der Waals surface area contributed by atoms with E-state index in [0.717, 1.165) is 6.16 Å². The van der Waals surface area contributed by atoms with Crippen molar-refractivity contribution in [3.8, 4) is 0 Å². The monoisotopic (exact) mass is 564 g/mol. The van der Waals surface area contributed by atoms with Crippen molar-refractivity contribution >= 4 is 56.5 Å². The zero-order valence-corrected chi connectivity index (χ0v) is 21.3. The van der Waals surface area contributed by atoms with Gasteiger partial charge < -0.3 is 12.4 Å². The molecular weight excluding hydrogens is 542 g/mol. The van der Waals surface area contributed by atoms with Crippen molar-refractivity contribution in [3.63, 3.8) is 0 Å². The molecule has 0 fully saturated rings. The molecule has 0 unspecified atom stereocenters. The standard InChI is InChI=1S/C29H23IP.ClH/c30-29-21-20-23-12-10-11-19-27(23)28(29)22-31(24-13-4-1-5-14-24,25-15-6-2-7-16-25)26-17-8-3-9-18-26;/h1-21H,22H2;1H/q+1;/p-1. The summed E-state index contributed by atoms with van der Waals surface area (Å²) in [6, 6.07) is 46.7. The molecule has 5 aromatic rings. The Balaban J connectivity index is 0.00000245. The van der Waals surface area contributed by atoms with Gasteiger partial charge in [0.2, 0.25) is 0 Å². The molecule has 0 N–H and O–H groups in total. The Morgan fingerprint density at radius 2 is 0.938 bits per heavy atom. The second-order valence-corrected chi connectivity index (χ2v) is 12.4. The summed E-state index contributed by atoms with van der Waals surface area (Å²) < 4.78 is 1.34. The van der Waals surface area contributed by atoms with Gasteiger partial charge in [0.25, 0.3) is 0 Å². The average Bonchev–Trinajstić information content (AvgIpc) is 2.85. The summed E-state index contributed by atoms with van der Waals surface area (Å²) in [5.74, 6) is 0. The van der Waals surface area contributed by atoms with Crippen LogP contribution in [-0.4, -0.2) is 0 Å². The minimum atomic E-state index is -1.91. The molecule has 0 atom stereocenters. The summed E-state index contributed by atoms with van der Waals surface area (Å²) in [6.07, 6.45) is 1.00. The summed E-state index contributed by atoms with van der Waals surface area (Å²) in [6.45, 7) is 0. The van der Waals surface area contributed by atoms with E-state index in [-0.39, 0.29) is 12.4 Å². The lowest BCUT2D eigenvalue weighted by atomic mass is 10.1. The minimum Gasteiger partial charge on any atom is -1.00 e. The molecule has 0 radical (unpaired) electrons. The number of hydrogen-bond acceptors (Lipinski definition) is 0. The highest BCUT2D eigenvalue weighted by Gasteiger charge is 2.46. The van der Waals surface area contributed by atoms with Crippen molar-refractivity contribution < 1.29 is 12.4 Å². The molecule has 0 aliphatic carbocycles. The predicted molar refractivity (Wildman–Crippen MR) is 146 cm³/mol. The van der Waals surface area contributed by atoms with E-state index in [2.05, 4.69) is 150 Å². The quantitative estimate of drug-likeness (QED) is 0.224. The first kappa shape index (κ1) is 23.0. The van der Waals surface area contributed by atoms with Crippen molar-refractivity contribution in [1.82, 2.24) is 0 Å². The van der Waals surface area contributed by atoms with Crippen LogP contribution in [0, 0.1) is 3.57 Å². The van der Waals surface area contributed by atoms with Crippen LogP contribution in [0.2, 0.25) is 0 Å². The van der Waals surface area contributed by atoms with Crippen LogP contribution in [-0.2, 0) is 6.16 Å². The van der Waals surface area contributed by atoms with E-state index in [1.807, 2.05) is 0 Å². The molecule has 158 valence electrons. The van der Waals surface area contributed by atoms with E-state index in [1.165, 1.54) is 35.8 Å². The number of hydrogen-bond donors (Lipinski definition) is 0. The van der Waals surface area contributed by atoms with Gasteiger partial charge in [-0.1, -0.05) is 84.9 Å². The topological polar surface area (TPSA) is 0 Å². The Bertz CT molecular complexity index is 1210. The molecule has 0 saturated heterocycles. The van der Waals surface area contributed by atoms with Gasteiger partial charge in [0, 0.05) is 9.13 Å². The van der Waals surface area contributed by atoms with Crippen LogP contribution in [0.15, 0.2) is 127 Å². The second kappa shape index (κ2) is 10.2. The SMILES string of the molecule is Ic1ccc2ccccc2c1C[P+](c1ccccc1)(c1ccccc1)c1ccccc1.[Cl-]. The van der Waals surface area contributed by atoms with Gasteiger partial charge in [-0.05, 0) is 75.8 Å². The normalized spacial score (nSPS) is 11.2. The Morgan fingerprint density at radius 3 is 1.44 bits per heavy atom. The lowest BCUT2D eigenvalue weighted by molar-refractivity contribution is -0.00000577. The molecule has 3 heteroatoms. The first-order valence-electron chi connectivity index (χ1n) is 10.5. The first-order chi connectivity index (χ1) is 15.3. The maximum absolute atomic E-state index is 2.52. The zero-order valence-electron chi connectivity index (χ0n) is 17.5. The van der Waals surface area contributed by atoms with E-state index in [0.29, 0.717) is 0 Å². The maximum atomic E-state index is 2.52. The summed E-state index contributed by atoms with van der Waals surface area (Å²) in [4.78, 5) is 0. The summed E-state index contributed by atoms with van der Waals surface area (Å²) in [5.41, 5.74) is 1.45. The molecular formula is C29H23ClIP. The fourth-order valence-corrected chi connectivity index (χ4v) is 9.74. The highest BCUT2D eigenvalue weighted by Crippen LogP contribution is 2.59. The second-order valence-electron chi connectivity index (χ2n) is 7.72. The largest absolute Gasteiger partial charge is 1.00 e. The molecule has 5 rings (SSSR count). The lowest BCUT2D eigenvalue weighted by Crippen LogP contribution is -3.00. The molecule has 0 aromatic heterocycles. The van der Waals surface area contributed by atoms with Crippen LogP contribution in [0.3, 0.4) is 0 Å². The third kappa shape index (κ3) is 4.22. The number of fused-ring (bicyclic) bond motifs is 1. The molecule has 32 heavy (non-hydrogen) atoms. The van der Waals surface area contributed by atoms with Gasteiger partial charge in [-0.2, -0.15) is 0 Å². The van der Waals surface area contributed by atoms with Crippen molar-refractivity contribution in [2.75, 3.05) is 0 Å². The Morgan fingerprint density at radius 1 is 0.500 bits per heavy atom. The zero-order chi connectivity index (χ0) is 21.1. The van der Waals surface area contributed by atoms with Gasteiger partial charge in [0.05, 0.1) is 0 Å². The van der Waals surface area contributed by atoms with Crippen LogP contribution in [0.1, 0.15) is 5.56 Å². The summed E-state index contributed by atoms with van der Waals surface area (Å²) >= 11 is 2.52. The Kier molecular flexibility index (Phi) is 7.30. The smallest absolute Gasteiger partial charge is 0.116 e. The Hall–Kier alpha value is -2.19. The van der Waals surface area contributed by atoms with Gasteiger partial charge in [-0.3, -0.25) is 0 Å². The fraction of sp³-hybridized carbons (Fsp3) is 0.0345. The van der Waals surface area contributed by atoms with E-state index in [9.17, 15) is 0 Å². The summed E-state index contributed by atoms with van der Waals surface area (Å²) in [7, 11) is -1.91. The van der Waals surface area contributed by atoms with Crippen LogP contribution in [0.4, 0.5) is 0 Å². The first-order valence-corrected chi connectivity index (χ1v) is 13.6. The van der Waals surface area contributed by atoms with Crippen LogP contribution in [0.5, 0.6) is 0 Å². The molecule has 0 heterocycles. The van der Waals surface area contributed by atoms with Crippen molar-refractivity contribution in [1.29, 1.82) is 0 Å². The molecule has 5 aromatic carbocycles. The Labute approximate surface area is 210 Å². The molecule has 0 spiro atoms. The average molecular weight is 565 g/mol. The highest BCUT2D eigenvalue weighted by molar-refractivity contribution is 14.1. The third-order valence-corrected chi connectivity index (χ3v) is 11.3. The fourth-order valence-electron chi connectivity index (χ4n) is 4.48. The van der Waals surface area contributed by atoms with Gasteiger partial charge >= 0.3 is 0 Å². The van der Waals surface area contributed by atoms with Crippen molar-refractivity contribution in [2.24, 2.45) is 0 Å². The van der Waals surface area contributed by atoms with Gasteiger partial charge in [-0.15, -0.1) is 0 Å². The molecule has 0 nitrogen and oxygen atoms in total. The van der Waals surface area contributed by atoms with Gasteiger partial charge in [0.15, 0.2) is 0 Å². The molecule has 0 aliphatic rings. The molecule has 0 bridgehead atoms. The highest BCUT2D eigenvalue weighted by atomic mass is 127. The van der Waals surface area contributed by atoms with Crippen LogP contribution in [0.25, 0.3) is 10.8 Å². The van der Waals surface area contributed by atoms with E-state index < -0.39 is 7.26 Å². The predicted octanol–water partition coefficient (Wildman–Crippen LogP) is 3.94. The number of halogens is 2. The summed E-state index contributed by atoms with van der Waals surface area (Å²) in [5, 5.41) is 6.95. The molecule has 0 amide bonds. The minimum absolute atomic E-state index is 0. The van der Waals surface area contributed by atoms with E-state index >= 15 is 0 Å². The third-order valence-electron chi connectivity index (χ3n) is 5.97. The maximum Gasteiger partial charge on any atom is 0.116 e. The molecule has 0 aliphatic heterocycles. The van der Waals surface area contributed by atoms with Crippen LogP contribution >= 0.6 is 29.9 Å². The number of rotatable bonds is 5. The van der Waals surface area contributed by atoms with Crippen molar-refractivity contribution in [3.05, 3.63) is 137 Å². The van der Waals surface area contributed by atoms with Crippen molar-refractivity contribution in [2.45, 2.75) is 6.16 Å². The van der Waals surface area contributed by atoms with Gasteiger partial charge in [-0.25, -0.2) is 0 Å². The van der Waals surface area contributed by atoms with Gasteiger partial charge in [0.1, 0.15) is 29.3 Å². The lowest BCUT2D eigenvalue weighted by Gasteiger charge is -2.28.